The molecule has 0 N–H and O–H groups in total. The zero-order valence-electron chi connectivity index (χ0n) is 10.4. The van der Waals surface area contributed by atoms with Gasteiger partial charge in [0.15, 0.2) is 0 Å². The average molecular weight is 265 g/mol. The van der Waals surface area contributed by atoms with Crippen LogP contribution in [0.3, 0.4) is 0 Å². The molecule has 0 atom stereocenters. The predicted octanol–water partition coefficient (Wildman–Crippen LogP) is 1.74. The molecule has 0 amide bonds. The fraction of sp³-hybridized carbons (Fsp3) is 0.417. The van der Waals surface area contributed by atoms with Crippen molar-refractivity contribution < 1.29 is 9.53 Å². The number of thiazole rings is 1. The lowest BCUT2D eigenvalue weighted by Gasteiger charge is -2.05. The van der Waals surface area contributed by atoms with Crippen molar-refractivity contribution in [1.82, 2.24) is 14.8 Å². The number of carbonyl (C=O) groups excluding carboxylic acids is 1. The molecule has 0 radical (unpaired) electrons. The molecular weight excluding hydrogens is 250 g/mol. The number of esters is 1. The van der Waals surface area contributed by atoms with Gasteiger partial charge in [-0.3, -0.25) is 14.5 Å². The van der Waals surface area contributed by atoms with Crippen LogP contribution in [0.4, 0.5) is 0 Å². The Balaban J connectivity index is 1.75. The van der Waals surface area contributed by atoms with E-state index in [1.54, 1.807) is 11.7 Å². The fourth-order valence-corrected chi connectivity index (χ4v) is 2.25. The van der Waals surface area contributed by atoms with Crippen LogP contribution in [0, 0.1) is 13.8 Å². The highest BCUT2D eigenvalue weighted by molar-refractivity contribution is 7.09. The number of aryl methyl sites for hydroxylation is 2. The largest absolute Gasteiger partial charge is 0.463 e. The molecule has 0 fully saturated rings. The Morgan fingerprint density at radius 1 is 1.50 bits per heavy atom. The summed E-state index contributed by atoms with van der Waals surface area (Å²) in [5.74, 6) is -0.221. The molecule has 2 aromatic heterocycles. The van der Waals surface area contributed by atoms with E-state index in [0.717, 1.165) is 16.3 Å². The normalized spacial score (nSPS) is 10.6. The van der Waals surface area contributed by atoms with Gasteiger partial charge >= 0.3 is 5.97 Å². The van der Waals surface area contributed by atoms with Crippen molar-refractivity contribution in [2.45, 2.75) is 26.8 Å². The summed E-state index contributed by atoms with van der Waals surface area (Å²) >= 11 is 1.46. The second-order valence-electron chi connectivity index (χ2n) is 4.02. The van der Waals surface area contributed by atoms with Crippen molar-refractivity contribution in [2.24, 2.45) is 0 Å². The van der Waals surface area contributed by atoms with Crippen LogP contribution < -0.4 is 0 Å². The van der Waals surface area contributed by atoms with Gasteiger partial charge in [0.1, 0.15) is 6.61 Å². The zero-order chi connectivity index (χ0) is 13.0. The molecule has 2 rings (SSSR count). The smallest absolute Gasteiger partial charge is 0.311 e. The minimum Gasteiger partial charge on any atom is -0.463 e. The Bertz CT molecular complexity index is 519. The molecule has 0 saturated heterocycles. The third-order valence-corrected chi connectivity index (χ3v) is 3.25. The molecule has 0 bridgehead atoms. The van der Waals surface area contributed by atoms with Gasteiger partial charge in [0.25, 0.3) is 0 Å². The van der Waals surface area contributed by atoms with E-state index in [9.17, 15) is 4.79 Å². The van der Waals surface area contributed by atoms with Gasteiger partial charge in [-0.1, -0.05) is 0 Å². The first-order chi connectivity index (χ1) is 8.65. The Kier molecular flexibility index (Phi) is 4.09. The molecule has 0 spiro atoms. The summed E-state index contributed by atoms with van der Waals surface area (Å²) in [6, 6.07) is 2.00. The highest BCUT2D eigenvalue weighted by atomic mass is 32.1. The number of ether oxygens (including phenoxy) is 1. The van der Waals surface area contributed by atoms with E-state index in [4.69, 9.17) is 4.74 Å². The second kappa shape index (κ2) is 5.77. The van der Waals surface area contributed by atoms with E-state index < -0.39 is 0 Å². The lowest BCUT2D eigenvalue weighted by molar-refractivity contribution is -0.143. The Morgan fingerprint density at radius 3 is 2.94 bits per heavy atom. The minimum atomic E-state index is -0.221. The molecule has 5 nitrogen and oxygen atoms in total. The van der Waals surface area contributed by atoms with Crippen LogP contribution >= 0.6 is 11.3 Å². The lowest BCUT2D eigenvalue weighted by Crippen LogP contribution is -2.14. The SMILES string of the molecule is Cc1cc(C)n(CCOC(=O)Cc2cncs2)n1. The predicted molar refractivity (Wildman–Crippen MR) is 68.5 cm³/mol. The molecule has 0 saturated carbocycles. The van der Waals surface area contributed by atoms with Gasteiger partial charge < -0.3 is 4.74 Å². The van der Waals surface area contributed by atoms with E-state index in [2.05, 4.69) is 10.1 Å². The number of aromatic nitrogens is 3. The van der Waals surface area contributed by atoms with Crippen molar-refractivity contribution >= 4 is 17.3 Å². The van der Waals surface area contributed by atoms with Crippen LogP contribution in [-0.2, 0) is 22.5 Å². The summed E-state index contributed by atoms with van der Waals surface area (Å²) in [6.07, 6.45) is 1.98. The van der Waals surface area contributed by atoms with Gasteiger partial charge in [0.05, 0.1) is 24.2 Å². The number of rotatable bonds is 5. The summed E-state index contributed by atoms with van der Waals surface area (Å²) in [5, 5.41) is 4.30. The number of hydrogen-bond acceptors (Lipinski definition) is 5. The first kappa shape index (κ1) is 12.8. The number of carbonyl (C=O) groups is 1. The van der Waals surface area contributed by atoms with Crippen LogP contribution in [0.25, 0.3) is 0 Å². The molecule has 0 aliphatic carbocycles. The highest BCUT2D eigenvalue weighted by Gasteiger charge is 2.07. The van der Waals surface area contributed by atoms with Crippen LogP contribution in [0.15, 0.2) is 17.8 Å². The summed E-state index contributed by atoms with van der Waals surface area (Å²) in [4.78, 5) is 16.4. The van der Waals surface area contributed by atoms with Crippen molar-refractivity contribution in [3.05, 3.63) is 34.0 Å². The number of nitrogens with zero attached hydrogens (tertiary/aromatic N) is 3. The molecule has 2 aromatic rings. The monoisotopic (exact) mass is 265 g/mol. The summed E-state index contributed by atoms with van der Waals surface area (Å²) in [5.41, 5.74) is 3.76. The van der Waals surface area contributed by atoms with Gasteiger partial charge in [0.2, 0.25) is 0 Å². The van der Waals surface area contributed by atoms with Gasteiger partial charge in [-0.2, -0.15) is 5.10 Å². The zero-order valence-corrected chi connectivity index (χ0v) is 11.2. The topological polar surface area (TPSA) is 57.0 Å². The van der Waals surface area contributed by atoms with Crippen molar-refractivity contribution in [1.29, 1.82) is 0 Å². The third-order valence-electron chi connectivity index (χ3n) is 2.47. The maximum atomic E-state index is 11.5. The van der Waals surface area contributed by atoms with Crippen molar-refractivity contribution in [3.8, 4) is 0 Å². The van der Waals surface area contributed by atoms with Gasteiger partial charge in [-0.25, -0.2) is 0 Å². The van der Waals surface area contributed by atoms with Gasteiger partial charge in [0, 0.05) is 16.8 Å². The van der Waals surface area contributed by atoms with E-state index in [0.29, 0.717) is 19.6 Å². The molecule has 0 aliphatic heterocycles. The summed E-state index contributed by atoms with van der Waals surface area (Å²) < 4.78 is 7.01. The molecule has 6 heteroatoms. The molecule has 96 valence electrons. The Morgan fingerprint density at radius 2 is 2.33 bits per heavy atom. The first-order valence-electron chi connectivity index (χ1n) is 5.69. The number of hydrogen-bond donors (Lipinski definition) is 0. The van der Waals surface area contributed by atoms with E-state index in [-0.39, 0.29) is 5.97 Å². The summed E-state index contributed by atoms with van der Waals surface area (Å²) in [7, 11) is 0. The molecule has 18 heavy (non-hydrogen) atoms. The minimum absolute atomic E-state index is 0.221. The van der Waals surface area contributed by atoms with Gasteiger partial charge in [-0.15, -0.1) is 11.3 Å². The Labute approximate surface area is 109 Å². The summed E-state index contributed by atoms with van der Waals surface area (Å²) in [6.45, 7) is 4.87. The third kappa shape index (κ3) is 3.40. The van der Waals surface area contributed by atoms with Crippen LogP contribution in [0.1, 0.15) is 16.3 Å². The van der Waals surface area contributed by atoms with Crippen LogP contribution in [0.5, 0.6) is 0 Å². The molecular formula is C12H15N3O2S. The first-order valence-corrected chi connectivity index (χ1v) is 6.57. The quantitative estimate of drug-likeness (QED) is 0.773. The molecule has 0 aliphatic rings. The standard InChI is InChI=1S/C12H15N3O2S/c1-9-5-10(2)15(14-9)3-4-17-12(16)6-11-7-13-8-18-11/h5,7-8H,3-4,6H2,1-2H3. The molecule has 2 heterocycles. The van der Waals surface area contributed by atoms with Crippen molar-refractivity contribution in [3.63, 3.8) is 0 Å². The molecule has 0 unspecified atom stereocenters. The average Bonchev–Trinajstić information content (AvgIpc) is 2.89. The maximum absolute atomic E-state index is 11.5. The Hall–Kier alpha value is -1.69. The fourth-order valence-electron chi connectivity index (χ4n) is 1.67. The van der Waals surface area contributed by atoms with Crippen molar-refractivity contribution in [2.75, 3.05) is 6.61 Å². The van der Waals surface area contributed by atoms with Gasteiger partial charge in [-0.05, 0) is 19.9 Å². The highest BCUT2D eigenvalue weighted by Crippen LogP contribution is 2.07. The van der Waals surface area contributed by atoms with Crippen LogP contribution in [0.2, 0.25) is 0 Å². The van der Waals surface area contributed by atoms with E-state index in [1.165, 1.54) is 11.3 Å². The van der Waals surface area contributed by atoms with Crippen LogP contribution in [-0.4, -0.2) is 27.3 Å². The molecule has 0 aromatic carbocycles. The van der Waals surface area contributed by atoms with E-state index >= 15 is 0 Å². The second-order valence-corrected chi connectivity index (χ2v) is 4.99. The van der Waals surface area contributed by atoms with E-state index in [1.807, 2.05) is 24.6 Å². The maximum Gasteiger partial charge on any atom is 0.311 e. The lowest BCUT2D eigenvalue weighted by atomic mass is 10.4.